The minimum absolute atomic E-state index is 0.0575. The largest absolute Gasteiger partial charge is 0.422 e. The van der Waals surface area contributed by atoms with Crippen LogP contribution in [-0.2, 0) is 30.8 Å². The first-order chi connectivity index (χ1) is 13.4. The maximum atomic E-state index is 12.0. The first-order valence-electron chi connectivity index (χ1n) is 8.18. The van der Waals surface area contributed by atoms with Crippen molar-refractivity contribution in [2.75, 3.05) is 21.3 Å². The molecule has 0 radical (unpaired) electrons. The van der Waals surface area contributed by atoms with E-state index in [-0.39, 0.29) is 12.3 Å². The van der Waals surface area contributed by atoms with Crippen LogP contribution in [0.25, 0.3) is 0 Å². The molecule has 0 fully saturated rings. The van der Waals surface area contributed by atoms with Crippen LogP contribution in [0.2, 0.25) is 0 Å². The average Bonchev–Trinajstić information content (AvgIpc) is 2.67. The molecule has 10 heteroatoms. The van der Waals surface area contributed by atoms with Gasteiger partial charge in [0.2, 0.25) is 0 Å². The second-order valence-electron chi connectivity index (χ2n) is 5.29. The summed E-state index contributed by atoms with van der Waals surface area (Å²) in [6, 6.07) is 6.91. The third-order valence-corrected chi connectivity index (χ3v) is 3.22. The van der Waals surface area contributed by atoms with Crippen molar-refractivity contribution in [1.29, 1.82) is 0 Å². The first-order valence-corrected chi connectivity index (χ1v) is 8.18. The number of rotatable bonds is 10. The topological polar surface area (TPSA) is 113 Å². The van der Waals surface area contributed by atoms with Crippen molar-refractivity contribution in [3.63, 3.8) is 0 Å². The van der Waals surface area contributed by atoms with Crippen LogP contribution < -0.4 is 4.74 Å². The van der Waals surface area contributed by atoms with Gasteiger partial charge in [-0.15, -0.1) is 0 Å². The lowest BCUT2D eigenvalue weighted by molar-refractivity contribution is -0.127. The van der Waals surface area contributed by atoms with E-state index in [0.29, 0.717) is 28.4 Å². The second-order valence-corrected chi connectivity index (χ2v) is 5.29. The highest BCUT2D eigenvalue weighted by Gasteiger charge is 2.14. The third-order valence-electron chi connectivity index (χ3n) is 3.22. The van der Waals surface area contributed by atoms with Crippen LogP contribution >= 0.6 is 0 Å². The van der Waals surface area contributed by atoms with Crippen LogP contribution in [0.15, 0.2) is 44.9 Å². The summed E-state index contributed by atoms with van der Waals surface area (Å²) < 4.78 is 5.32. The molecule has 0 N–H and O–H groups in total. The molecule has 28 heavy (non-hydrogen) atoms. The molecule has 0 saturated carbocycles. The number of nitrogens with zero attached hydrogens (tertiary/aromatic N) is 4. The van der Waals surface area contributed by atoms with E-state index in [1.165, 1.54) is 28.3 Å². The third kappa shape index (κ3) is 7.06. The van der Waals surface area contributed by atoms with E-state index < -0.39 is 5.97 Å². The van der Waals surface area contributed by atoms with Crippen LogP contribution in [0.4, 0.5) is 0 Å². The van der Waals surface area contributed by atoms with Gasteiger partial charge in [-0.2, -0.15) is 0 Å². The molecule has 10 nitrogen and oxygen atoms in total. The molecular formula is C18H24N4O6. The molecule has 0 spiro atoms. The Hall–Kier alpha value is -3.43. The van der Waals surface area contributed by atoms with E-state index in [0.717, 1.165) is 0 Å². The molecule has 0 aliphatic carbocycles. The highest BCUT2D eigenvalue weighted by Crippen LogP contribution is 2.19. The average molecular weight is 392 g/mol. The fraction of sp³-hybridized carbons (Fsp3) is 0.389. The molecule has 0 unspecified atom stereocenters. The van der Waals surface area contributed by atoms with Gasteiger partial charge in [-0.1, -0.05) is 38.8 Å². The summed E-state index contributed by atoms with van der Waals surface area (Å²) in [7, 11) is 4.18. The summed E-state index contributed by atoms with van der Waals surface area (Å²) >= 11 is 0. The van der Waals surface area contributed by atoms with Gasteiger partial charge in [-0.25, -0.2) is 4.79 Å². The predicted molar refractivity (Wildman–Crippen MR) is 105 cm³/mol. The Balaban J connectivity index is 2.89. The zero-order valence-electron chi connectivity index (χ0n) is 16.8. The van der Waals surface area contributed by atoms with Crippen molar-refractivity contribution in [3.05, 3.63) is 29.8 Å². The van der Waals surface area contributed by atoms with Crippen LogP contribution in [0.5, 0.6) is 5.75 Å². The Morgan fingerprint density at radius 2 is 1.39 bits per heavy atom. The Bertz CT molecular complexity index is 786. The zero-order valence-corrected chi connectivity index (χ0v) is 16.8. The first kappa shape index (κ1) is 22.6. The van der Waals surface area contributed by atoms with Gasteiger partial charge < -0.3 is 24.1 Å². The van der Waals surface area contributed by atoms with Crippen LogP contribution in [-0.4, -0.2) is 50.1 Å². The van der Waals surface area contributed by atoms with Crippen molar-refractivity contribution in [2.24, 2.45) is 20.6 Å². The number of benzene rings is 1. The molecule has 0 heterocycles. The Morgan fingerprint density at radius 3 is 2.04 bits per heavy atom. The highest BCUT2D eigenvalue weighted by atomic mass is 16.6. The lowest BCUT2D eigenvalue weighted by atomic mass is 10.2. The highest BCUT2D eigenvalue weighted by molar-refractivity contribution is 6.67. The lowest BCUT2D eigenvalue weighted by Crippen LogP contribution is -2.21. The summed E-state index contributed by atoms with van der Waals surface area (Å²) in [6.45, 7) is 4.92. The maximum Gasteiger partial charge on any atom is 0.361 e. The van der Waals surface area contributed by atoms with Gasteiger partial charge in [-0.3, -0.25) is 0 Å². The van der Waals surface area contributed by atoms with E-state index in [9.17, 15) is 4.79 Å². The molecular weight excluding hydrogens is 368 g/mol. The molecule has 0 amide bonds. The number of para-hydroxylation sites is 1. The van der Waals surface area contributed by atoms with Crippen LogP contribution in [0.1, 0.15) is 26.3 Å². The summed E-state index contributed by atoms with van der Waals surface area (Å²) in [5.74, 6) is -0.302. The van der Waals surface area contributed by atoms with Gasteiger partial charge in [-0.05, 0) is 26.8 Å². The van der Waals surface area contributed by atoms with Gasteiger partial charge in [0.05, 0.1) is 0 Å². The fourth-order valence-electron chi connectivity index (χ4n) is 1.98. The number of hydrogen-bond donors (Lipinski definition) is 0. The number of carbonyl (C=O) groups excluding carboxylic acids is 1. The summed E-state index contributed by atoms with van der Waals surface area (Å²) in [4.78, 5) is 31.5. The Morgan fingerprint density at radius 1 is 0.821 bits per heavy atom. The predicted octanol–water partition coefficient (Wildman–Crippen LogP) is 2.53. The van der Waals surface area contributed by atoms with E-state index >= 15 is 0 Å². The smallest absolute Gasteiger partial charge is 0.361 e. The normalized spacial score (nSPS) is 13.1. The Labute approximate surface area is 163 Å². The molecule has 0 saturated heterocycles. The quantitative estimate of drug-likeness (QED) is 0.262. The Kier molecular flexibility index (Phi) is 9.73. The number of hydrogen-bond acceptors (Lipinski definition) is 10. The van der Waals surface area contributed by atoms with E-state index in [1.807, 2.05) is 0 Å². The standard InChI is InChI=1S/C18H24N4O6/c1-12(19-24-4)17(22-26-6)13(2)21-27-11-15-9-7-8-10-16(15)28-18(23)14(3)20-25-5/h7-10H,11H2,1-6H3. The van der Waals surface area contributed by atoms with E-state index in [4.69, 9.17) is 19.2 Å². The van der Waals surface area contributed by atoms with Gasteiger partial charge >= 0.3 is 5.97 Å². The molecule has 152 valence electrons. The molecule has 0 atom stereocenters. The van der Waals surface area contributed by atoms with Crippen molar-refractivity contribution in [2.45, 2.75) is 27.4 Å². The van der Waals surface area contributed by atoms with Gasteiger partial charge in [0.15, 0.2) is 11.4 Å². The fourth-order valence-corrected chi connectivity index (χ4v) is 1.98. The monoisotopic (exact) mass is 392 g/mol. The molecule has 1 aromatic rings. The van der Waals surface area contributed by atoms with Crippen molar-refractivity contribution >= 4 is 28.8 Å². The lowest BCUT2D eigenvalue weighted by Gasteiger charge is -2.09. The molecule has 0 bridgehead atoms. The van der Waals surface area contributed by atoms with Crippen molar-refractivity contribution in [3.8, 4) is 5.75 Å². The van der Waals surface area contributed by atoms with E-state index in [1.54, 1.807) is 38.1 Å². The number of ether oxygens (including phenoxy) is 1. The van der Waals surface area contributed by atoms with Crippen molar-refractivity contribution in [1.82, 2.24) is 0 Å². The van der Waals surface area contributed by atoms with E-state index in [2.05, 4.69) is 25.5 Å². The summed E-state index contributed by atoms with van der Waals surface area (Å²) in [5, 5.41) is 15.2. The molecule has 0 aliphatic rings. The van der Waals surface area contributed by atoms with Gasteiger partial charge in [0, 0.05) is 5.56 Å². The van der Waals surface area contributed by atoms with Gasteiger partial charge in [0.1, 0.15) is 45.1 Å². The van der Waals surface area contributed by atoms with Crippen LogP contribution in [0.3, 0.4) is 0 Å². The second kappa shape index (κ2) is 12.0. The number of carbonyl (C=O) groups is 1. The van der Waals surface area contributed by atoms with Gasteiger partial charge in [0.25, 0.3) is 0 Å². The SMILES string of the molecule is CON=C(C)C(=O)Oc1ccccc1CON=C(C)C(=NOC)C(C)=NOC. The summed E-state index contributed by atoms with van der Waals surface area (Å²) in [6.07, 6.45) is 0. The number of esters is 1. The molecule has 0 aliphatic heterocycles. The minimum Gasteiger partial charge on any atom is -0.422 e. The maximum absolute atomic E-state index is 12.0. The number of oxime groups is 4. The summed E-state index contributed by atoms with van der Waals surface area (Å²) in [5.41, 5.74) is 1.97. The van der Waals surface area contributed by atoms with Crippen molar-refractivity contribution < 1.29 is 28.9 Å². The van der Waals surface area contributed by atoms with Crippen LogP contribution in [0, 0.1) is 0 Å². The minimum atomic E-state index is -0.630. The molecule has 1 aromatic carbocycles. The molecule has 0 aromatic heterocycles. The zero-order chi connectivity index (χ0) is 20.9. The molecule has 1 rings (SSSR count).